The Bertz CT molecular complexity index is 827. The summed E-state index contributed by atoms with van der Waals surface area (Å²) >= 11 is 0. The summed E-state index contributed by atoms with van der Waals surface area (Å²) in [5.41, 5.74) is 1.50. The lowest BCUT2D eigenvalue weighted by Gasteiger charge is -2.16. The summed E-state index contributed by atoms with van der Waals surface area (Å²) in [5, 5.41) is 19.6. The van der Waals surface area contributed by atoms with Gasteiger partial charge < -0.3 is 29.2 Å². The minimum absolute atomic E-state index is 0.0267. The molecule has 142 valence electrons. The number of carbonyl (C=O) groups is 1. The summed E-state index contributed by atoms with van der Waals surface area (Å²) in [5.74, 6) is -0.235. The Labute approximate surface area is 156 Å². The van der Waals surface area contributed by atoms with Gasteiger partial charge in [0.05, 0.1) is 32.8 Å². The molecular weight excluding hydrogens is 352 g/mol. The van der Waals surface area contributed by atoms with Crippen molar-refractivity contribution < 1.29 is 34.0 Å². The summed E-state index contributed by atoms with van der Waals surface area (Å²) in [4.78, 5) is 12.6. The van der Waals surface area contributed by atoms with Crippen LogP contribution in [0.2, 0.25) is 0 Å². The zero-order chi connectivity index (χ0) is 19.1. The first-order chi connectivity index (χ1) is 13.0. The third kappa shape index (κ3) is 2.84. The lowest BCUT2D eigenvalue weighted by atomic mass is 9.84. The first-order valence-corrected chi connectivity index (χ1v) is 8.59. The van der Waals surface area contributed by atoms with Gasteiger partial charge in [-0.25, -0.2) is 0 Å². The molecule has 0 unspecified atom stereocenters. The molecule has 2 aromatic carbocycles. The van der Waals surface area contributed by atoms with Crippen LogP contribution >= 0.6 is 0 Å². The zero-order valence-corrected chi connectivity index (χ0v) is 14.9. The van der Waals surface area contributed by atoms with Gasteiger partial charge in [-0.15, -0.1) is 0 Å². The van der Waals surface area contributed by atoms with Gasteiger partial charge >= 0.3 is 5.97 Å². The zero-order valence-electron chi connectivity index (χ0n) is 14.9. The Kier molecular flexibility index (Phi) is 4.31. The maximum absolute atomic E-state index is 12.6. The molecule has 2 saturated heterocycles. The first-order valence-electron chi connectivity index (χ1n) is 8.59. The number of methoxy groups -OCH3 is 2. The van der Waals surface area contributed by atoms with Crippen molar-refractivity contribution in [3.63, 3.8) is 0 Å². The van der Waals surface area contributed by atoms with Crippen LogP contribution in [0, 0.1) is 11.8 Å². The third-order valence-electron chi connectivity index (χ3n) is 5.22. The van der Waals surface area contributed by atoms with E-state index in [0.717, 1.165) is 11.1 Å². The average molecular weight is 372 g/mol. The second-order valence-electron chi connectivity index (χ2n) is 6.66. The Hall–Kier alpha value is -2.93. The number of cyclic esters (lactones) is 1. The summed E-state index contributed by atoms with van der Waals surface area (Å²) in [7, 11) is 2.93. The Balaban J connectivity index is 1.64. The number of aromatic hydroxyl groups is 2. The molecule has 4 atom stereocenters. The van der Waals surface area contributed by atoms with Gasteiger partial charge in [0, 0.05) is 5.92 Å². The van der Waals surface area contributed by atoms with E-state index in [-0.39, 0.29) is 23.4 Å². The van der Waals surface area contributed by atoms with Crippen LogP contribution in [0.1, 0.15) is 23.3 Å². The van der Waals surface area contributed by atoms with Crippen molar-refractivity contribution in [1.82, 2.24) is 0 Å². The quantitative estimate of drug-likeness (QED) is 0.797. The lowest BCUT2D eigenvalue weighted by Crippen LogP contribution is -2.17. The molecule has 7 heteroatoms. The van der Waals surface area contributed by atoms with E-state index in [1.54, 1.807) is 24.3 Å². The van der Waals surface area contributed by atoms with Gasteiger partial charge in [-0.1, -0.05) is 12.1 Å². The van der Waals surface area contributed by atoms with Crippen molar-refractivity contribution in [1.29, 1.82) is 0 Å². The van der Waals surface area contributed by atoms with Crippen LogP contribution in [0.25, 0.3) is 0 Å². The SMILES string of the molecule is COc1cc([C@H]2OC(=O)[C@H]3[C@@H]2CO[C@@H]3c2ccc(O)c(OC)c2)ccc1O. The smallest absolute Gasteiger partial charge is 0.313 e. The molecule has 2 fully saturated rings. The molecule has 7 nitrogen and oxygen atoms in total. The number of phenols is 2. The summed E-state index contributed by atoms with van der Waals surface area (Å²) in [6.07, 6.45) is -0.943. The molecule has 2 heterocycles. The molecule has 0 bridgehead atoms. The fourth-order valence-electron chi connectivity index (χ4n) is 3.87. The number of esters is 1. The molecule has 0 aliphatic carbocycles. The van der Waals surface area contributed by atoms with E-state index >= 15 is 0 Å². The second-order valence-corrected chi connectivity index (χ2v) is 6.66. The summed E-state index contributed by atoms with van der Waals surface area (Å²) in [6, 6.07) is 9.82. The van der Waals surface area contributed by atoms with Crippen LogP contribution in [0.3, 0.4) is 0 Å². The minimum Gasteiger partial charge on any atom is -0.504 e. The number of benzene rings is 2. The molecule has 2 aliphatic heterocycles. The Morgan fingerprint density at radius 3 is 2.04 bits per heavy atom. The molecule has 0 radical (unpaired) electrons. The third-order valence-corrected chi connectivity index (χ3v) is 5.22. The predicted octanol–water partition coefficient (Wildman–Crippen LogP) is 2.72. The van der Waals surface area contributed by atoms with Crippen LogP contribution in [0.5, 0.6) is 23.0 Å². The fraction of sp³-hybridized carbons (Fsp3) is 0.350. The molecular formula is C20H20O7. The summed E-state index contributed by atoms with van der Waals surface area (Å²) < 4.78 is 21.9. The first kappa shape index (κ1) is 17.5. The number of ether oxygens (including phenoxy) is 4. The molecule has 0 amide bonds. The molecule has 0 aromatic heterocycles. The second kappa shape index (κ2) is 6.66. The van der Waals surface area contributed by atoms with Crippen molar-refractivity contribution in [2.45, 2.75) is 12.2 Å². The van der Waals surface area contributed by atoms with E-state index in [9.17, 15) is 15.0 Å². The number of phenolic OH excluding ortho intramolecular Hbond substituents is 2. The van der Waals surface area contributed by atoms with Crippen molar-refractivity contribution in [2.24, 2.45) is 11.8 Å². The van der Waals surface area contributed by atoms with Gasteiger partial charge in [0.1, 0.15) is 6.10 Å². The number of rotatable bonds is 4. The Morgan fingerprint density at radius 1 is 0.926 bits per heavy atom. The van der Waals surface area contributed by atoms with E-state index < -0.39 is 18.1 Å². The highest BCUT2D eigenvalue weighted by Gasteiger charge is 2.54. The van der Waals surface area contributed by atoms with Crippen molar-refractivity contribution in [3.05, 3.63) is 47.5 Å². The number of hydrogen-bond donors (Lipinski definition) is 2. The highest BCUT2D eigenvalue weighted by Crippen LogP contribution is 2.52. The molecule has 2 aliphatic rings. The highest BCUT2D eigenvalue weighted by atomic mass is 16.6. The summed E-state index contributed by atoms with van der Waals surface area (Å²) in [6.45, 7) is 0.359. The Morgan fingerprint density at radius 2 is 1.48 bits per heavy atom. The van der Waals surface area contributed by atoms with Crippen LogP contribution in [0.15, 0.2) is 36.4 Å². The van der Waals surface area contributed by atoms with Gasteiger partial charge in [-0.2, -0.15) is 0 Å². The minimum atomic E-state index is -0.471. The van der Waals surface area contributed by atoms with Crippen LogP contribution in [-0.2, 0) is 14.3 Å². The molecule has 27 heavy (non-hydrogen) atoms. The number of carbonyl (C=O) groups excluding carboxylic acids is 1. The standard InChI is InChI=1S/C20H20O7/c1-24-15-7-10(3-5-13(15)21)18-12-9-26-19(17(12)20(23)27-18)11-4-6-14(22)16(8-11)25-2/h3-8,12,17-19,21-22H,9H2,1-2H3/t12-,17-,18+,19+/m0/s1. The number of hydrogen-bond acceptors (Lipinski definition) is 7. The molecule has 0 spiro atoms. The normalized spacial score (nSPS) is 26.5. The van der Waals surface area contributed by atoms with Gasteiger partial charge in [-0.05, 0) is 35.4 Å². The van der Waals surface area contributed by atoms with Crippen molar-refractivity contribution in [3.8, 4) is 23.0 Å². The number of fused-ring (bicyclic) bond motifs is 1. The van der Waals surface area contributed by atoms with E-state index in [4.69, 9.17) is 18.9 Å². The van der Waals surface area contributed by atoms with Gasteiger partial charge in [0.15, 0.2) is 23.0 Å². The molecule has 2 N–H and O–H groups in total. The predicted molar refractivity (Wildman–Crippen MR) is 93.8 cm³/mol. The van der Waals surface area contributed by atoms with Gasteiger partial charge in [0.2, 0.25) is 0 Å². The highest BCUT2D eigenvalue weighted by molar-refractivity contribution is 5.77. The van der Waals surface area contributed by atoms with Crippen molar-refractivity contribution in [2.75, 3.05) is 20.8 Å². The largest absolute Gasteiger partial charge is 0.504 e. The lowest BCUT2D eigenvalue weighted by molar-refractivity contribution is -0.148. The van der Waals surface area contributed by atoms with E-state index in [0.29, 0.717) is 18.1 Å². The molecule has 2 aromatic rings. The molecule has 0 saturated carbocycles. The van der Waals surface area contributed by atoms with E-state index in [2.05, 4.69) is 0 Å². The van der Waals surface area contributed by atoms with Crippen LogP contribution < -0.4 is 9.47 Å². The van der Waals surface area contributed by atoms with Crippen molar-refractivity contribution >= 4 is 5.97 Å². The molecule has 4 rings (SSSR count). The van der Waals surface area contributed by atoms with E-state index in [1.807, 2.05) is 0 Å². The maximum atomic E-state index is 12.6. The van der Waals surface area contributed by atoms with Gasteiger partial charge in [0.25, 0.3) is 0 Å². The van der Waals surface area contributed by atoms with Crippen LogP contribution in [-0.4, -0.2) is 37.0 Å². The maximum Gasteiger partial charge on any atom is 0.313 e. The monoisotopic (exact) mass is 372 g/mol. The van der Waals surface area contributed by atoms with Gasteiger partial charge in [-0.3, -0.25) is 4.79 Å². The fourth-order valence-corrected chi connectivity index (χ4v) is 3.87. The topological polar surface area (TPSA) is 94.5 Å². The van der Waals surface area contributed by atoms with E-state index in [1.165, 1.54) is 26.4 Å². The average Bonchev–Trinajstić information content (AvgIpc) is 3.24. The van der Waals surface area contributed by atoms with Crippen LogP contribution in [0.4, 0.5) is 0 Å².